The molecule has 4 atom stereocenters. The van der Waals surface area contributed by atoms with Crippen molar-refractivity contribution in [3.05, 3.63) is 59.2 Å². The number of aliphatic hydroxyl groups is 1. The number of allylic oxidation sites excluding steroid dienone is 3. The highest BCUT2D eigenvalue weighted by molar-refractivity contribution is 5.76. The van der Waals surface area contributed by atoms with Gasteiger partial charge in [-0.25, -0.2) is 0 Å². The monoisotopic (exact) mass is 437 g/mol. The van der Waals surface area contributed by atoms with E-state index in [4.69, 9.17) is 0 Å². The molecule has 1 amide bonds. The van der Waals surface area contributed by atoms with Crippen LogP contribution in [0.5, 0.6) is 0 Å². The molecule has 3 nitrogen and oxygen atoms in total. The Bertz CT molecular complexity index is 832. The van der Waals surface area contributed by atoms with Crippen molar-refractivity contribution >= 4 is 5.91 Å². The van der Waals surface area contributed by atoms with Gasteiger partial charge in [0, 0.05) is 24.9 Å². The molecule has 1 aromatic rings. The van der Waals surface area contributed by atoms with Crippen LogP contribution in [-0.2, 0) is 11.2 Å². The molecule has 176 valence electrons. The summed E-state index contributed by atoms with van der Waals surface area (Å²) in [5.41, 5.74) is 4.14. The molecular weight excluding hydrogens is 394 g/mol. The quantitative estimate of drug-likeness (QED) is 0.367. The molecule has 2 aliphatic carbocycles. The smallest absolute Gasteiger partial charge is 0.222 e. The van der Waals surface area contributed by atoms with E-state index in [1.54, 1.807) is 5.57 Å². The van der Waals surface area contributed by atoms with Gasteiger partial charge in [0.2, 0.25) is 5.91 Å². The minimum Gasteiger partial charge on any atom is -0.392 e. The summed E-state index contributed by atoms with van der Waals surface area (Å²) in [5.74, 6) is 1.62. The molecule has 0 bridgehead atoms. The third-order valence-corrected chi connectivity index (χ3v) is 7.51. The zero-order valence-corrected chi connectivity index (χ0v) is 20.8. The maximum Gasteiger partial charge on any atom is 0.222 e. The highest BCUT2D eigenvalue weighted by Crippen LogP contribution is 2.48. The Morgan fingerprint density at radius 1 is 1.22 bits per heavy atom. The number of amides is 1. The molecular formula is C29H43NO2. The molecule has 0 aliphatic heterocycles. The van der Waals surface area contributed by atoms with E-state index < -0.39 is 0 Å². The van der Waals surface area contributed by atoms with Crippen molar-refractivity contribution in [2.45, 2.75) is 90.7 Å². The van der Waals surface area contributed by atoms with Crippen molar-refractivity contribution in [1.82, 2.24) is 4.90 Å². The second-order valence-corrected chi connectivity index (χ2v) is 11.0. The Morgan fingerprint density at radius 2 is 2.00 bits per heavy atom. The van der Waals surface area contributed by atoms with Crippen LogP contribution in [0.15, 0.2) is 48.1 Å². The second kappa shape index (κ2) is 10.8. The van der Waals surface area contributed by atoms with Crippen LogP contribution in [0.1, 0.15) is 76.8 Å². The van der Waals surface area contributed by atoms with Crippen LogP contribution in [0.4, 0.5) is 0 Å². The topological polar surface area (TPSA) is 40.5 Å². The maximum atomic E-state index is 12.3. The zero-order chi connectivity index (χ0) is 23.3. The number of rotatable bonds is 9. The Labute approximate surface area is 195 Å². The molecule has 0 aromatic heterocycles. The van der Waals surface area contributed by atoms with Gasteiger partial charge < -0.3 is 10.0 Å². The van der Waals surface area contributed by atoms with Crippen molar-refractivity contribution in [1.29, 1.82) is 0 Å². The van der Waals surface area contributed by atoms with Crippen LogP contribution in [0.3, 0.4) is 0 Å². The van der Waals surface area contributed by atoms with Crippen molar-refractivity contribution < 1.29 is 9.90 Å². The van der Waals surface area contributed by atoms with Gasteiger partial charge in [0.15, 0.2) is 0 Å². The van der Waals surface area contributed by atoms with E-state index in [1.165, 1.54) is 11.1 Å². The van der Waals surface area contributed by atoms with Gasteiger partial charge in [0.05, 0.1) is 6.10 Å². The number of benzene rings is 1. The van der Waals surface area contributed by atoms with E-state index in [0.29, 0.717) is 18.3 Å². The van der Waals surface area contributed by atoms with Gasteiger partial charge in [-0.05, 0) is 90.0 Å². The second-order valence-electron chi connectivity index (χ2n) is 11.0. The zero-order valence-electron chi connectivity index (χ0n) is 20.8. The number of hydrogen-bond acceptors (Lipinski definition) is 2. The summed E-state index contributed by atoms with van der Waals surface area (Å²) in [6.07, 6.45) is 14.7. The largest absolute Gasteiger partial charge is 0.392 e. The van der Waals surface area contributed by atoms with Crippen LogP contribution in [0.2, 0.25) is 0 Å². The van der Waals surface area contributed by atoms with E-state index in [9.17, 15) is 9.90 Å². The number of carbonyl (C=O) groups excluding carboxylic acids is 1. The van der Waals surface area contributed by atoms with Crippen molar-refractivity contribution in [2.24, 2.45) is 17.8 Å². The van der Waals surface area contributed by atoms with Gasteiger partial charge >= 0.3 is 0 Å². The lowest BCUT2D eigenvalue weighted by atomic mass is 9.88. The van der Waals surface area contributed by atoms with Crippen molar-refractivity contribution in [2.75, 3.05) is 7.05 Å². The van der Waals surface area contributed by atoms with Gasteiger partial charge in [0.1, 0.15) is 0 Å². The predicted octanol–water partition coefficient (Wildman–Crippen LogP) is 6.24. The fraction of sp³-hybridized carbons (Fsp3) is 0.621. The first-order valence-electron chi connectivity index (χ1n) is 12.5. The Balaban J connectivity index is 1.41. The molecule has 0 unspecified atom stereocenters. The van der Waals surface area contributed by atoms with E-state index in [0.717, 1.165) is 44.9 Å². The molecule has 32 heavy (non-hydrogen) atoms. The Morgan fingerprint density at radius 3 is 2.72 bits per heavy atom. The van der Waals surface area contributed by atoms with Gasteiger partial charge in [0.25, 0.3) is 0 Å². The minimum atomic E-state index is -0.205. The number of carbonyl (C=O) groups is 1. The molecule has 3 heteroatoms. The van der Waals surface area contributed by atoms with E-state index in [-0.39, 0.29) is 23.5 Å². The molecule has 3 rings (SSSR count). The molecule has 0 spiro atoms. The summed E-state index contributed by atoms with van der Waals surface area (Å²) in [6, 6.07) is 8.73. The van der Waals surface area contributed by atoms with E-state index >= 15 is 0 Å². The summed E-state index contributed by atoms with van der Waals surface area (Å²) in [6.45, 7) is 8.37. The number of nitrogens with zero attached hydrogens (tertiary/aromatic N) is 1. The molecule has 2 aliphatic rings. The highest BCUT2D eigenvalue weighted by Gasteiger charge is 2.43. The maximum absolute atomic E-state index is 12.3. The highest BCUT2D eigenvalue weighted by atomic mass is 16.3. The number of aryl methyl sites for hydroxylation is 2. The van der Waals surface area contributed by atoms with Crippen LogP contribution in [0.25, 0.3) is 0 Å². The molecule has 0 saturated heterocycles. The Kier molecular flexibility index (Phi) is 8.38. The average Bonchev–Trinajstić information content (AvgIpc) is 3.24. The first kappa shape index (κ1) is 24.8. The van der Waals surface area contributed by atoms with Gasteiger partial charge in [-0.2, -0.15) is 0 Å². The third kappa shape index (κ3) is 6.57. The SMILES string of the molecule is Cc1cccc(CC/C=C/[C@@H]2[C@H]3CC(CCCCC(=O)N(C)C(C)(C)C)=C[C@H]3C[C@H]2O)c1. The number of aliphatic hydroxyl groups excluding tert-OH is 1. The van der Waals surface area contributed by atoms with Crippen molar-refractivity contribution in [3.63, 3.8) is 0 Å². The van der Waals surface area contributed by atoms with Gasteiger partial charge in [-0.3, -0.25) is 4.79 Å². The first-order chi connectivity index (χ1) is 15.1. The van der Waals surface area contributed by atoms with Crippen LogP contribution >= 0.6 is 0 Å². The third-order valence-electron chi connectivity index (χ3n) is 7.51. The molecule has 0 heterocycles. The molecule has 1 saturated carbocycles. The summed E-state index contributed by atoms with van der Waals surface area (Å²) >= 11 is 0. The van der Waals surface area contributed by atoms with E-state index in [2.05, 4.69) is 70.2 Å². The predicted molar refractivity (Wildman–Crippen MR) is 133 cm³/mol. The number of unbranched alkanes of at least 4 members (excludes halogenated alkanes) is 1. The standard InChI is InChI=1S/C29H43NO2/c1-21-11-10-14-22(17-21)12-6-8-15-25-26-19-23(18-24(26)20-27(25)31)13-7-9-16-28(32)30(5)29(2,3)4/h8,10-11,14-15,17-18,24-27,31H,6-7,9,12-13,16,19-20H2,1-5H3/b15-8+/t24-,25+,26-,27+/m0/s1. The Hall–Kier alpha value is -1.87. The molecule has 1 fully saturated rings. The fourth-order valence-corrected chi connectivity index (χ4v) is 5.33. The van der Waals surface area contributed by atoms with Crippen LogP contribution in [0, 0.1) is 24.7 Å². The summed E-state index contributed by atoms with van der Waals surface area (Å²) in [7, 11) is 1.91. The van der Waals surface area contributed by atoms with Crippen molar-refractivity contribution in [3.8, 4) is 0 Å². The van der Waals surface area contributed by atoms with Crippen LogP contribution in [-0.4, -0.2) is 34.6 Å². The lowest BCUT2D eigenvalue weighted by Crippen LogP contribution is -2.42. The normalized spacial score (nSPS) is 25.2. The molecule has 1 N–H and O–H groups in total. The summed E-state index contributed by atoms with van der Waals surface area (Å²) in [4.78, 5) is 14.2. The molecule has 0 radical (unpaired) electrons. The number of fused-ring (bicyclic) bond motifs is 1. The van der Waals surface area contributed by atoms with Gasteiger partial charge in [-0.15, -0.1) is 0 Å². The number of hydrogen-bond donors (Lipinski definition) is 1. The fourth-order valence-electron chi connectivity index (χ4n) is 5.33. The minimum absolute atomic E-state index is 0.105. The lowest BCUT2D eigenvalue weighted by Gasteiger charge is -2.32. The summed E-state index contributed by atoms with van der Waals surface area (Å²) < 4.78 is 0. The first-order valence-corrected chi connectivity index (χ1v) is 12.5. The van der Waals surface area contributed by atoms with Gasteiger partial charge in [-0.1, -0.05) is 53.6 Å². The van der Waals surface area contributed by atoms with Crippen LogP contribution < -0.4 is 0 Å². The lowest BCUT2D eigenvalue weighted by molar-refractivity contribution is -0.134. The van der Waals surface area contributed by atoms with E-state index in [1.807, 2.05) is 11.9 Å². The average molecular weight is 438 g/mol. The molecule has 1 aromatic carbocycles. The summed E-state index contributed by atoms with van der Waals surface area (Å²) in [5, 5.41) is 10.6.